The second-order valence-corrected chi connectivity index (χ2v) is 7.34. The average Bonchev–Trinajstić information content (AvgIpc) is 3.13. The predicted octanol–water partition coefficient (Wildman–Crippen LogP) is 2.83. The van der Waals surface area contributed by atoms with E-state index in [1.54, 1.807) is 11.6 Å². The van der Waals surface area contributed by atoms with Crippen LogP contribution in [0.2, 0.25) is 0 Å². The van der Waals surface area contributed by atoms with Crippen LogP contribution in [0.1, 0.15) is 17.4 Å². The summed E-state index contributed by atoms with van der Waals surface area (Å²) in [6.45, 7) is 1.15. The highest BCUT2D eigenvalue weighted by atomic mass is 16.5. The molecule has 1 aliphatic rings. The van der Waals surface area contributed by atoms with Gasteiger partial charge in [-0.15, -0.1) is 0 Å². The standard InChI is InChI=1S/C23H21N3O3/c1-24-19-17(22(27)25(2)23(24)28)18(15-9-5-3-6-10-15)26-13-14-29-21(20(19)26)16-11-7-4-8-12-16/h3-12,21H,13-14H2,1-2H3/t21-/m0/s1. The van der Waals surface area contributed by atoms with Gasteiger partial charge in [0.25, 0.3) is 5.56 Å². The number of nitrogens with zero attached hydrogens (tertiary/aromatic N) is 3. The summed E-state index contributed by atoms with van der Waals surface area (Å²) in [4.78, 5) is 26.0. The van der Waals surface area contributed by atoms with Gasteiger partial charge in [-0.25, -0.2) is 4.79 Å². The molecular formula is C23H21N3O3. The van der Waals surface area contributed by atoms with Gasteiger partial charge in [0.2, 0.25) is 0 Å². The highest BCUT2D eigenvalue weighted by molar-refractivity contribution is 5.96. The van der Waals surface area contributed by atoms with Crippen LogP contribution in [-0.4, -0.2) is 20.3 Å². The van der Waals surface area contributed by atoms with Crippen molar-refractivity contribution < 1.29 is 4.74 Å². The molecule has 29 heavy (non-hydrogen) atoms. The first-order chi connectivity index (χ1) is 14.1. The van der Waals surface area contributed by atoms with Gasteiger partial charge in [0.1, 0.15) is 6.10 Å². The highest BCUT2D eigenvalue weighted by Gasteiger charge is 2.32. The number of rotatable bonds is 2. The first-order valence-corrected chi connectivity index (χ1v) is 9.63. The van der Waals surface area contributed by atoms with E-state index in [1.807, 2.05) is 60.7 Å². The van der Waals surface area contributed by atoms with Crippen LogP contribution < -0.4 is 11.2 Å². The molecule has 0 fully saturated rings. The van der Waals surface area contributed by atoms with E-state index in [0.29, 0.717) is 24.1 Å². The van der Waals surface area contributed by atoms with Crippen molar-refractivity contribution >= 4 is 10.9 Å². The smallest absolute Gasteiger partial charge is 0.331 e. The molecule has 0 unspecified atom stereocenters. The minimum Gasteiger partial charge on any atom is -0.365 e. The molecule has 2 aromatic carbocycles. The van der Waals surface area contributed by atoms with Crippen LogP contribution in [0.3, 0.4) is 0 Å². The Morgan fingerprint density at radius 2 is 1.55 bits per heavy atom. The van der Waals surface area contributed by atoms with Crippen LogP contribution in [0.15, 0.2) is 70.3 Å². The Kier molecular flexibility index (Phi) is 4.03. The molecule has 0 bridgehead atoms. The van der Waals surface area contributed by atoms with E-state index in [4.69, 9.17) is 4.74 Å². The third-order valence-electron chi connectivity index (χ3n) is 5.70. The fraction of sp³-hybridized carbons (Fsp3) is 0.217. The summed E-state index contributed by atoms with van der Waals surface area (Å²) in [6, 6.07) is 19.8. The fourth-order valence-electron chi connectivity index (χ4n) is 4.36. The number of ether oxygens (including phenoxy) is 1. The van der Waals surface area contributed by atoms with Crippen molar-refractivity contribution in [1.82, 2.24) is 13.7 Å². The van der Waals surface area contributed by atoms with Gasteiger partial charge < -0.3 is 9.30 Å². The quantitative estimate of drug-likeness (QED) is 0.531. The summed E-state index contributed by atoms with van der Waals surface area (Å²) in [5.74, 6) is 0. The SMILES string of the molecule is Cn1c(=O)c2c(-c3ccccc3)n3c(c2n(C)c1=O)[C@H](c1ccccc1)OCC3. The third-order valence-corrected chi connectivity index (χ3v) is 5.70. The van der Waals surface area contributed by atoms with Crippen molar-refractivity contribution in [1.29, 1.82) is 0 Å². The highest BCUT2D eigenvalue weighted by Crippen LogP contribution is 2.40. The van der Waals surface area contributed by atoms with Gasteiger partial charge in [-0.2, -0.15) is 0 Å². The van der Waals surface area contributed by atoms with E-state index in [0.717, 1.165) is 22.5 Å². The largest absolute Gasteiger partial charge is 0.365 e. The minimum absolute atomic E-state index is 0.282. The molecule has 146 valence electrons. The molecule has 0 saturated heterocycles. The number of hydrogen-bond acceptors (Lipinski definition) is 3. The van der Waals surface area contributed by atoms with Gasteiger partial charge in [-0.05, 0) is 11.1 Å². The van der Waals surface area contributed by atoms with Crippen molar-refractivity contribution in [2.45, 2.75) is 12.6 Å². The number of fused-ring (bicyclic) bond motifs is 3. The lowest BCUT2D eigenvalue weighted by Crippen LogP contribution is -2.37. The Morgan fingerprint density at radius 1 is 0.897 bits per heavy atom. The lowest BCUT2D eigenvalue weighted by Gasteiger charge is -2.27. The fourth-order valence-corrected chi connectivity index (χ4v) is 4.36. The van der Waals surface area contributed by atoms with Crippen molar-refractivity contribution in [3.05, 3.63) is 92.8 Å². The molecule has 1 atom stereocenters. The lowest BCUT2D eigenvalue weighted by atomic mass is 10.0. The first kappa shape index (κ1) is 17.7. The lowest BCUT2D eigenvalue weighted by molar-refractivity contribution is 0.0478. The average molecular weight is 387 g/mol. The first-order valence-electron chi connectivity index (χ1n) is 9.63. The summed E-state index contributed by atoms with van der Waals surface area (Å²) in [7, 11) is 3.25. The third kappa shape index (κ3) is 2.53. The molecule has 4 aromatic rings. The molecule has 0 spiro atoms. The molecule has 1 aliphatic heterocycles. The van der Waals surface area contributed by atoms with Crippen LogP contribution in [0, 0.1) is 0 Å². The normalized spacial score (nSPS) is 16.1. The minimum atomic E-state index is -0.345. The molecule has 6 heteroatoms. The Hall–Kier alpha value is -3.38. The maximum absolute atomic E-state index is 13.3. The Labute approximate surface area is 167 Å². The number of benzene rings is 2. The molecule has 5 rings (SSSR count). The summed E-state index contributed by atoms with van der Waals surface area (Å²) < 4.78 is 11.1. The molecular weight excluding hydrogens is 366 g/mol. The van der Waals surface area contributed by atoms with E-state index in [-0.39, 0.29) is 17.4 Å². The molecule has 3 heterocycles. The van der Waals surface area contributed by atoms with Crippen molar-refractivity contribution in [2.75, 3.05) is 6.61 Å². The van der Waals surface area contributed by atoms with E-state index >= 15 is 0 Å². The molecule has 0 radical (unpaired) electrons. The summed E-state index contributed by atoms with van der Waals surface area (Å²) in [5.41, 5.74) is 3.67. The maximum Gasteiger partial charge on any atom is 0.331 e. The van der Waals surface area contributed by atoms with Crippen molar-refractivity contribution in [3.63, 3.8) is 0 Å². The predicted molar refractivity (Wildman–Crippen MR) is 112 cm³/mol. The summed E-state index contributed by atoms with van der Waals surface area (Å²) in [5, 5.41) is 0.558. The Balaban J connectivity index is 1.97. The molecule has 0 aliphatic carbocycles. The van der Waals surface area contributed by atoms with Gasteiger partial charge in [-0.3, -0.25) is 13.9 Å². The van der Waals surface area contributed by atoms with E-state index in [1.165, 1.54) is 11.6 Å². The zero-order valence-corrected chi connectivity index (χ0v) is 16.3. The maximum atomic E-state index is 13.3. The zero-order valence-electron chi connectivity index (χ0n) is 16.3. The second-order valence-electron chi connectivity index (χ2n) is 7.34. The Bertz CT molecular complexity index is 1330. The number of aromatic nitrogens is 3. The van der Waals surface area contributed by atoms with Gasteiger partial charge in [0.05, 0.1) is 28.9 Å². The van der Waals surface area contributed by atoms with E-state index < -0.39 is 0 Å². The van der Waals surface area contributed by atoms with Crippen LogP contribution in [0.25, 0.3) is 22.2 Å². The molecule has 2 aromatic heterocycles. The topological polar surface area (TPSA) is 58.2 Å². The van der Waals surface area contributed by atoms with E-state index in [9.17, 15) is 9.59 Å². The summed E-state index contributed by atoms with van der Waals surface area (Å²) in [6.07, 6.45) is -0.345. The Morgan fingerprint density at radius 3 is 2.24 bits per heavy atom. The van der Waals surface area contributed by atoms with Crippen molar-refractivity contribution in [3.8, 4) is 11.3 Å². The van der Waals surface area contributed by atoms with Crippen molar-refractivity contribution in [2.24, 2.45) is 14.1 Å². The number of hydrogen-bond donors (Lipinski definition) is 0. The van der Waals surface area contributed by atoms with Crippen LogP contribution in [-0.2, 0) is 25.4 Å². The molecule has 0 saturated carbocycles. The molecule has 0 amide bonds. The van der Waals surface area contributed by atoms with Crippen LogP contribution in [0.4, 0.5) is 0 Å². The van der Waals surface area contributed by atoms with Gasteiger partial charge in [-0.1, -0.05) is 60.7 Å². The van der Waals surface area contributed by atoms with Gasteiger partial charge in [0.15, 0.2) is 0 Å². The molecule has 6 nitrogen and oxygen atoms in total. The van der Waals surface area contributed by atoms with Gasteiger partial charge in [0, 0.05) is 20.6 Å². The summed E-state index contributed by atoms with van der Waals surface area (Å²) >= 11 is 0. The van der Waals surface area contributed by atoms with Gasteiger partial charge >= 0.3 is 5.69 Å². The second kappa shape index (κ2) is 6.60. The van der Waals surface area contributed by atoms with E-state index in [2.05, 4.69) is 4.57 Å². The van der Waals surface area contributed by atoms with Crippen LogP contribution >= 0.6 is 0 Å². The number of aryl methyl sites for hydroxylation is 1. The monoisotopic (exact) mass is 387 g/mol. The molecule has 0 N–H and O–H groups in total. The van der Waals surface area contributed by atoms with Crippen LogP contribution in [0.5, 0.6) is 0 Å². The zero-order chi connectivity index (χ0) is 20.1.